The number of hydrogen-bond acceptors (Lipinski definition) is 8. The Bertz CT molecular complexity index is 837. The van der Waals surface area contributed by atoms with E-state index in [0.717, 1.165) is 5.56 Å². The molecule has 3 amide bonds. The molecule has 4 atom stereocenters. The van der Waals surface area contributed by atoms with Crippen LogP contribution < -0.4 is 21.7 Å². The molecule has 7 N–H and O–H groups in total. The van der Waals surface area contributed by atoms with E-state index >= 15 is 0 Å². The van der Waals surface area contributed by atoms with E-state index in [9.17, 15) is 29.4 Å². The number of carbonyl (C=O) groups is 4. The Labute approximate surface area is 209 Å². The number of carbonyl (C=O) groups excluding carboxylic acids is 3. The smallest absolute Gasteiger partial charge is 0.326 e. The van der Waals surface area contributed by atoms with Crippen LogP contribution in [0.3, 0.4) is 0 Å². The average molecular weight is 515 g/mol. The molecule has 0 fully saturated rings. The van der Waals surface area contributed by atoms with Gasteiger partial charge in [-0.2, -0.15) is 24.4 Å². The van der Waals surface area contributed by atoms with Crippen molar-refractivity contribution >= 4 is 48.1 Å². The molecular formula is C22H34N4O6S2. The third kappa shape index (κ3) is 9.82. The Kier molecular flexibility index (Phi) is 12.8. The number of thiol groups is 1. The number of aromatic hydroxyl groups is 1. The van der Waals surface area contributed by atoms with Crippen LogP contribution in [0, 0.1) is 5.92 Å². The van der Waals surface area contributed by atoms with E-state index in [1.807, 2.05) is 6.26 Å². The summed E-state index contributed by atoms with van der Waals surface area (Å²) in [7, 11) is 0. The van der Waals surface area contributed by atoms with Gasteiger partial charge in [0.25, 0.3) is 0 Å². The highest BCUT2D eigenvalue weighted by Gasteiger charge is 2.31. The van der Waals surface area contributed by atoms with Gasteiger partial charge in [0.05, 0.1) is 6.04 Å². The molecule has 0 aliphatic rings. The van der Waals surface area contributed by atoms with Crippen molar-refractivity contribution in [2.45, 2.75) is 50.9 Å². The number of rotatable bonds is 14. The summed E-state index contributed by atoms with van der Waals surface area (Å²) in [5.74, 6) is -2.73. The summed E-state index contributed by atoms with van der Waals surface area (Å²) >= 11 is 5.56. The largest absolute Gasteiger partial charge is 0.508 e. The number of thioether (sulfide) groups is 1. The van der Waals surface area contributed by atoms with E-state index in [-0.39, 0.29) is 30.3 Å². The second kappa shape index (κ2) is 14.7. The Hall–Kier alpha value is -2.44. The number of hydrogen-bond donors (Lipinski definition) is 7. The standard InChI is InChI=1S/C22H34N4O6S2/c1-12(2)18(26-19(28)15(23)10-13-4-6-14(27)7-5-13)21(30)25-17(11-33)20(29)24-16(22(31)32)8-9-34-3/h4-7,12,15-18,27,33H,8-11,23H2,1-3H3,(H,24,29)(H,25,30)(H,26,28)(H,31,32). The number of phenolic OH excluding ortho intramolecular Hbond substituents is 1. The summed E-state index contributed by atoms with van der Waals surface area (Å²) < 4.78 is 0. The van der Waals surface area contributed by atoms with Crippen molar-refractivity contribution in [2.75, 3.05) is 17.8 Å². The molecule has 12 heteroatoms. The van der Waals surface area contributed by atoms with Gasteiger partial charge in [-0.05, 0) is 48.5 Å². The molecule has 0 aromatic heterocycles. The lowest BCUT2D eigenvalue weighted by Crippen LogP contribution is -2.59. The zero-order chi connectivity index (χ0) is 25.8. The van der Waals surface area contributed by atoms with Crippen molar-refractivity contribution in [1.29, 1.82) is 0 Å². The SMILES string of the molecule is CSCCC(NC(=O)C(CS)NC(=O)C(NC(=O)C(N)Cc1ccc(O)cc1)C(C)C)C(=O)O. The Morgan fingerprint density at radius 1 is 1.00 bits per heavy atom. The molecule has 0 aliphatic carbocycles. The number of nitrogens with one attached hydrogen (secondary N) is 3. The van der Waals surface area contributed by atoms with Crippen molar-refractivity contribution in [1.82, 2.24) is 16.0 Å². The van der Waals surface area contributed by atoms with Gasteiger partial charge in [-0.25, -0.2) is 4.79 Å². The van der Waals surface area contributed by atoms with Gasteiger partial charge >= 0.3 is 5.97 Å². The van der Waals surface area contributed by atoms with Crippen LogP contribution in [-0.2, 0) is 25.6 Å². The molecule has 0 saturated heterocycles. The molecule has 1 aromatic carbocycles. The van der Waals surface area contributed by atoms with Crippen LogP contribution >= 0.6 is 24.4 Å². The summed E-state index contributed by atoms with van der Waals surface area (Å²) in [6.45, 7) is 3.46. The number of carboxylic acid groups (broad SMARTS) is 1. The second-order valence-corrected chi connectivity index (χ2v) is 9.48. The van der Waals surface area contributed by atoms with Crippen molar-refractivity contribution < 1.29 is 29.4 Å². The van der Waals surface area contributed by atoms with Crippen molar-refractivity contribution in [2.24, 2.45) is 11.7 Å². The monoisotopic (exact) mass is 514 g/mol. The first-order valence-electron chi connectivity index (χ1n) is 10.8. The average Bonchev–Trinajstić information content (AvgIpc) is 2.78. The fraction of sp³-hybridized carbons (Fsp3) is 0.545. The molecule has 0 heterocycles. The van der Waals surface area contributed by atoms with E-state index in [1.165, 1.54) is 23.9 Å². The molecule has 0 spiro atoms. The van der Waals surface area contributed by atoms with Crippen LogP contribution in [-0.4, -0.2) is 75.8 Å². The van der Waals surface area contributed by atoms with Crippen LogP contribution in [0.15, 0.2) is 24.3 Å². The van der Waals surface area contributed by atoms with E-state index in [1.54, 1.807) is 26.0 Å². The van der Waals surface area contributed by atoms with Crippen LogP contribution in [0.1, 0.15) is 25.8 Å². The van der Waals surface area contributed by atoms with Gasteiger partial charge in [-0.3, -0.25) is 14.4 Å². The summed E-state index contributed by atoms with van der Waals surface area (Å²) in [6, 6.07) is 2.19. The molecule has 0 radical (unpaired) electrons. The van der Waals surface area contributed by atoms with Gasteiger partial charge < -0.3 is 31.9 Å². The Morgan fingerprint density at radius 2 is 1.59 bits per heavy atom. The lowest BCUT2D eigenvalue weighted by Gasteiger charge is -2.26. The molecular weight excluding hydrogens is 480 g/mol. The quantitative estimate of drug-likeness (QED) is 0.172. The van der Waals surface area contributed by atoms with Crippen LogP contribution in [0.2, 0.25) is 0 Å². The molecule has 0 aliphatic heterocycles. The van der Waals surface area contributed by atoms with Crippen molar-refractivity contribution in [3.63, 3.8) is 0 Å². The zero-order valence-corrected chi connectivity index (χ0v) is 21.2. The fourth-order valence-electron chi connectivity index (χ4n) is 2.99. The Morgan fingerprint density at radius 3 is 2.09 bits per heavy atom. The predicted molar refractivity (Wildman–Crippen MR) is 135 cm³/mol. The highest BCUT2D eigenvalue weighted by Crippen LogP contribution is 2.11. The number of phenols is 1. The number of carboxylic acids is 1. The van der Waals surface area contributed by atoms with Gasteiger partial charge in [0, 0.05) is 5.75 Å². The van der Waals surface area contributed by atoms with Gasteiger partial charge in [-0.1, -0.05) is 26.0 Å². The van der Waals surface area contributed by atoms with Gasteiger partial charge in [0.15, 0.2) is 0 Å². The molecule has 0 saturated carbocycles. The third-order valence-corrected chi connectivity index (χ3v) is 6.03. The molecule has 4 unspecified atom stereocenters. The second-order valence-electron chi connectivity index (χ2n) is 8.13. The van der Waals surface area contributed by atoms with Crippen LogP contribution in [0.4, 0.5) is 0 Å². The highest BCUT2D eigenvalue weighted by atomic mass is 32.2. The minimum atomic E-state index is -1.17. The molecule has 0 bridgehead atoms. The van der Waals surface area contributed by atoms with Gasteiger partial charge in [-0.15, -0.1) is 0 Å². The topological polar surface area (TPSA) is 171 Å². The zero-order valence-electron chi connectivity index (χ0n) is 19.5. The maximum absolute atomic E-state index is 12.9. The summed E-state index contributed by atoms with van der Waals surface area (Å²) in [6.07, 6.45) is 2.26. The van der Waals surface area contributed by atoms with Crippen molar-refractivity contribution in [3.8, 4) is 5.75 Å². The maximum Gasteiger partial charge on any atom is 0.326 e. The maximum atomic E-state index is 12.9. The fourth-order valence-corrected chi connectivity index (χ4v) is 3.72. The highest BCUT2D eigenvalue weighted by molar-refractivity contribution is 7.98. The van der Waals surface area contributed by atoms with E-state index in [0.29, 0.717) is 5.75 Å². The lowest BCUT2D eigenvalue weighted by atomic mass is 10.0. The lowest BCUT2D eigenvalue weighted by molar-refractivity contribution is -0.142. The molecule has 1 aromatic rings. The summed E-state index contributed by atoms with van der Waals surface area (Å²) in [4.78, 5) is 49.5. The first kappa shape index (κ1) is 29.6. The normalized spacial score (nSPS) is 14.5. The first-order chi connectivity index (χ1) is 16.0. The van der Waals surface area contributed by atoms with Crippen molar-refractivity contribution in [3.05, 3.63) is 29.8 Å². The van der Waals surface area contributed by atoms with E-state index in [4.69, 9.17) is 5.73 Å². The number of aliphatic carboxylic acids is 1. The molecule has 1 rings (SSSR count). The molecule has 10 nitrogen and oxygen atoms in total. The third-order valence-electron chi connectivity index (χ3n) is 5.02. The number of amides is 3. The first-order valence-corrected chi connectivity index (χ1v) is 12.8. The molecule has 34 heavy (non-hydrogen) atoms. The van der Waals surface area contributed by atoms with Crippen LogP contribution in [0.5, 0.6) is 5.75 Å². The number of benzene rings is 1. The van der Waals surface area contributed by atoms with Crippen LogP contribution in [0.25, 0.3) is 0 Å². The number of nitrogens with two attached hydrogens (primary N) is 1. The molecule has 190 valence electrons. The minimum Gasteiger partial charge on any atom is -0.508 e. The minimum absolute atomic E-state index is 0.0639. The summed E-state index contributed by atoms with van der Waals surface area (Å²) in [5.41, 5.74) is 6.74. The Balaban J connectivity index is 2.78. The predicted octanol–water partition coefficient (Wildman–Crippen LogP) is 0.140. The van der Waals surface area contributed by atoms with Gasteiger partial charge in [0.1, 0.15) is 23.9 Å². The summed E-state index contributed by atoms with van der Waals surface area (Å²) in [5, 5.41) is 26.3. The van der Waals surface area contributed by atoms with E-state index < -0.39 is 47.9 Å². The van der Waals surface area contributed by atoms with E-state index in [2.05, 4.69) is 28.6 Å². The van der Waals surface area contributed by atoms with Gasteiger partial charge in [0.2, 0.25) is 17.7 Å².